The Morgan fingerprint density at radius 2 is 1.71 bits per heavy atom. The number of benzene rings is 4. The molecule has 2 aliphatic rings. The van der Waals surface area contributed by atoms with Crippen molar-refractivity contribution in [3.8, 4) is 0 Å². The van der Waals surface area contributed by atoms with Crippen LogP contribution >= 0.6 is 0 Å². The van der Waals surface area contributed by atoms with E-state index >= 15 is 0 Å². The van der Waals surface area contributed by atoms with Gasteiger partial charge in [-0.25, -0.2) is 4.99 Å². The first kappa shape index (κ1) is 18.2. The number of aliphatic imine (C=N–C) groups is 1. The largest absolute Gasteiger partial charge is 0.371 e. The van der Waals surface area contributed by atoms with Crippen LogP contribution in [-0.2, 0) is 0 Å². The van der Waals surface area contributed by atoms with Crippen LogP contribution in [0.2, 0.25) is 0 Å². The molecule has 2 aliphatic heterocycles. The lowest BCUT2D eigenvalue weighted by Gasteiger charge is -2.38. The highest BCUT2D eigenvalue weighted by Gasteiger charge is 2.33. The molecule has 0 fully saturated rings. The molecule has 4 aromatic rings. The van der Waals surface area contributed by atoms with Gasteiger partial charge >= 0.3 is 0 Å². The molecule has 0 saturated carbocycles. The maximum atomic E-state index is 5.15. The number of fused-ring (bicyclic) bond motifs is 3. The molecular formula is C28H25N3. The van der Waals surface area contributed by atoms with Crippen molar-refractivity contribution in [3.05, 3.63) is 84.4 Å². The first-order valence-electron chi connectivity index (χ1n) is 11.0. The van der Waals surface area contributed by atoms with Crippen molar-refractivity contribution < 1.29 is 0 Å². The molecule has 6 rings (SSSR count). The topological polar surface area (TPSA) is 18.8 Å². The van der Waals surface area contributed by atoms with Crippen LogP contribution < -0.4 is 9.80 Å². The second kappa shape index (κ2) is 6.45. The van der Waals surface area contributed by atoms with E-state index in [2.05, 4.69) is 104 Å². The summed E-state index contributed by atoms with van der Waals surface area (Å²) < 4.78 is 0. The van der Waals surface area contributed by atoms with Gasteiger partial charge in [0.25, 0.3) is 0 Å². The zero-order chi connectivity index (χ0) is 21.3. The van der Waals surface area contributed by atoms with Crippen LogP contribution in [0.1, 0.15) is 31.4 Å². The van der Waals surface area contributed by atoms with Crippen molar-refractivity contribution in [2.24, 2.45) is 4.99 Å². The van der Waals surface area contributed by atoms with Crippen molar-refractivity contribution in [1.82, 2.24) is 0 Å². The Labute approximate surface area is 182 Å². The van der Waals surface area contributed by atoms with E-state index in [0.717, 1.165) is 29.3 Å². The van der Waals surface area contributed by atoms with Gasteiger partial charge in [-0.3, -0.25) is 4.90 Å². The average Bonchev–Trinajstić information content (AvgIpc) is 2.81. The standard InChI is InChI=1S/C28H25N3/c1-5-17(2)30(4)24-16-15-20-18(3)31-25-14-7-10-19-9-6-13-23(26(19)25)29-28(31)22-12-8-11-21(24)27(20)22/h6-17H,3,5H2,1-2,4H3. The Bertz CT molecular complexity index is 1420. The first-order chi connectivity index (χ1) is 15.1. The van der Waals surface area contributed by atoms with Gasteiger partial charge in [0.2, 0.25) is 0 Å². The zero-order valence-electron chi connectivity index (χ0n) is 18.2. The fraction of sp³-hybridized carbons (Fsp3) is 0.179. The molecule has 1 atom stereocenters. The van der Waals surface area contributed by atoms with Gasteiger partial charge in [-0.1, -0.05) is 62.0 Å². The molecule has 31 heavy (non-hydrogen) atoms. The molecule has 0 amide bonds. The summed E-state index contributed by atoms with van der Waals surface area (Å²) in [6, 6.07) is 24.4. The van der Waals surface area contributed by atoms with Crippen molar-refractivity contribution in [2.75, 3.05) is 16.8 Å². The molecule has 0 saturated heterocycles. The second-order valence-electron chi connectivity index (χ2n) is 8.60. The molecule has 0 radical (unpaired) electrons. The molecule has 3 heteroatoms. The molecule has 2 heterocycles. The summed E-state index contributed by atoms with van der Waals surface area (Å²) in [5.74, 6) is 0.970. The van der Waals surface area contributed by atoms with E-state index in [4.69, 9.17) is 4.99 Å². The number of amidine groups is 1. The summed E-state index contributed by atoms with van der Waals surface area (Å²) >= 11 is 0. The molecule has 3 nitrogen and oxygen atoms in total. The number of rotatable bonds is 3. The third kappa shape index (κ3) is 2.37. The molecule has 0 N–H and O–H groups in total. The monoisotopic (exact) mass is 403 g/mol. The van der Waals surface area contributed by atoms with E-state index in [9.17, 15) is 0 Å². The molecule has 1 unspecified atom stereocenters. The van der Waals surface area contributed by atoms with Crippen LogP contribution in [0, 0.1) is 0 Å². The Balaban J connectivity index is 1.67. The van der Waals surface area contributed by atoms with Crippen LogP contribution in [0.15, 0.2) is 78.3 Å². The van der Waals surface area contributed by atoms with Gasteiger partial charge in [-0.15, -0.1) is 0 Å². The smallest absolute Gasteiger partial charge is 0.146 e. The molecule has 152 valence electrons. The third-order valence-electron chi connectivity index (χ3n) is 7.01. The summed E-state index contributed by atoms with van der Waals surface area (Å²) in [5, 5.41) is 4.92. The molecular weight excluding hydrogens is 378 g/mol. The predicted molar refractivity (Wildman–Crippen MR) is 134 cm³/mol. The van der Waals surface area contributed by atoms with Gasteiger partial charge in [0.15, 0.2) is 0 Å². The van der Waals surface area contributed by atoms with Gasteiger partial charge in [-0.2, -0.15) is 0 Å². The Hall–Kier alpha value is -3.59. The highest BCUT2D eigenvalue weighted by atomic mass is 15.2. The molecule has 0 bridgehead atoms. The van der Waals surface area contributed by atoms with Gasteiger partial charge in [0.1, 0.15) is 5.84 Å². The van der Waals surface area contributed by atoms with Crippen molar-refractivity contribution >= 4 is 50.1 Å². The normalized spacial score (nSPS) is 15.1. The SMILES string of the molecule is C=C1c2ccc(N(C)C(C)CC)c3cccc(c23)C2=Nc3cccc4cccc(c34)N12. The number of nitrogens with zero attached hydrogens (tertiary/aromatic N) is 3. The lowest BCUT2D eigenvalue weighted by Crippen LogP contribution is -2.35. The maximum absolute atomic E-state index is 5.15. The van der Waals surface area contributed by atoms with Gasteiger partial charge < -0.3 is 4.90 Å². The summed E-state index contributed by atoms with van der Waals surface area (Å²) in [6.45, 7) is 9.05. The maximum Gasteiger partial charge on any atom is 0.146 e. The molecule has 0 aromatic heterocycles. The minimum Gasteiger partial charge on any atom is -0.371 e. The van der Waals surface area contributed by atoms with Crippen molar-refractivity contribution in [1.29, 1.82) is 0 Å². The van der Waals surface area contributed by atoms with Crippen LogP contribution in [0.5, 0.6) is 0 Å². The van der Waals surface area contributed by atoms with Crippen molar-refractivity contribution in [3.63, 3.8) is 0 Å². The fourth-order valence-electron chi connectivity index (χ4n) is 5.07. The molecule has 0 spiro atoms. The summed E-state index contributed by atoms with van der Waals surface area (Å²) in [4.78, 5) is 9.78. The van der Waals surface area contributed by atoms with Gasteiger partial charge in [0, 0.05) is 51.8 Å². The van der Waals surface area contributed by atoms with E-state index < -0.39 is 0 Å². The minimum absolute atomic E-state index is 0.469. The molecule has 4 aromatic carbocycles. The molecule has 0 aliphatic carbocycles. The number of hydrogen-bond acceptors (Lipinski definition) is 3. The Morgan fingerprint density at radius 3 is 2.52 bits per heavy atom. The third-order valence-corrected chi connectivity index (χ3v) is 7.01. The quantitative estimate of drug-likeness (QED) is 0.363. The minimum atomic E-state index is 0.469. The predicted octanol–water partition coefficient (Wildman–Crippen LogP) is 7.11. The van der Waals surface area contributed by atoms with E-state index in [-0.39, 0.29) is 0 Å². The first-order valence-corrected chi connectivity index (χ1v) is 11.0. The van der Waals surface area contributed by atoms with E-state index in [1.54, 1.807) is 0 Å². The van der Waals surface area contributed by atoms with Crippen LogP contribution in [-0.4, -0.2) is 18.9 Å². The highest BCUT2D eigenvalue weighted by Crippen LogP contribution is 2.47. The van der Waals surface area contributed by atoms with E-state index in [0.29, 0.717) is 6.04 Å². The second-order valence-corrected chi connectivity index (χ2v) is 8.60. The summed E-state index contributed by atoms with van der Waals surface area (Å²) in [6.07, 6.45) is 1.10. The van der Waals surface area contributed by atoms with E-state index in [1.807, 2.05) is 0 Å². The van der Waals surface area contributed by atoms with Crippen LogP contribution in [0.3, 0.4) is 0 Å². The van der Waals surface area contributed by atoms with E-state index in [1.165, 1.54) is 38.4 Å². The Morgan fingerprint density at radius 1 is 0.935 bits per heavy atom. The highest BCUT2D eigenvalue weighted by molar-refractivity contribution is 6.33. The lowest BCUT2D eigenvalue weighted by atomic mass is 9.89. The number of anilines is 2. The average molecular weight is 404 g/mol. The van der Waals surface area contributed by atoms with Gasteiger partial charge in [0.05, 0.1) is 11.4 Å². The fourth-order valence-corrected chi connectivity index (χ4v) is 5.07. The Kier molecular flexibility index (Phi) is 3.79. The number of hydrogen-bond donors (Lipinski definition) is 0. The van der Waals surface area contributed by atoms with Crippen LogP contribution in [0.25, 0.3) is 27.2 Å². The summed E-state index contributed by atoms with van der Waals surface area (Å²) in [5.41, 5.74) is 6.79. The van der Waals surface area contributed by atoms with Crippen LogP contribution in [0.4, 0.5) is 17.1 Å². The van der Waals surface area contributed by atoms with Gasteiger partial charge in [-0.05, 0) is 36.9 Å². The zero-order valence-corrected chi connectivity index (χ0v) is 18.2. The van der Waals surface area contributed by atoms with Crippen molar-refractivity contribution in [2.45, 2.75) is 26.3 Å². The lowest BCUT2D eigenvalue weighted by molar-refractivity contribution is 0.665. The summed E-state index contributed by atoms with van der Waals surface area (Å²) in [7, 11) is 2.19.